The van der Waals surface area contributed by atoms with E-state index in [1.165, 1.54) is 37.7 Å². The van der Waals surface area contributed by atoms with Crippen molar-refractivity contribution in [1.82, 2.24) is 0 Å². The summed E-state index contributed by atoms with van der Waals surface area (Å²) in [5.74, 6) is 3.75. The summed E-state index contributed by atoms with van der Waals surface area (Å²) in [5.41, 5.74) is 0.0299. The molecular weight excluding hydrogens is 398 g/mol. The number of rotatable bonds is 3. The maximum Gasteiger partial charge on any atom is 0.266 e. The summed E-state index contributed by atoms with van der Waals surface area (Å²) in [4.78, 5) is 0. The lowest BCUT2D eigenvalue weighted by molar-refractivity contribution is -0.158. The first-order valence-electron chi connectivity index (χ1n) is 10.5. The van der Waals surface area contributed by atoms with E-state index in [1.807, 2.05) is 0 Å². The Hall–Kier alpha value is 0.0400. The Morgan fingerprint density at radius 1 is 1.08 bits per heavy atom. The summed E-state index contributed by atoms with van der Waals surface area (Å²) in [7, 11) is 0. The third-order valence-electron chi connectivity index (χ3n) is 9.12. The van der Waals surface area contributed by atoms with Gasteiger partial charge in [-0.3, -0.25) is 0 Å². The molecule has 0 heterocycles. The first kappa shape index (κ1) is 19.4. The summed E-state index contributed by atoms with van der Waals surface area (Å²) in [6.07, 6.45) is 6.13. The Kier molecular flexibility index (Phi) is 5.08. The summed E-state index contributed by atoms with van der Waals surface area (Å²) < 4.78 is 26.6. The van der Waals surface area contributed by atoms with Crippen molar-refractivity contribution in [2.45, 2.75) is 76.7 Å². The van der Waals surface area contributed by atoms with Crippen LogP contribution in [0.15, 0.2) is 12.2 Å². The Labute approximate surface area is 165 Å². The lowest BCUT2D eigenvalue weighted by Crippen LogP contribution is -2.52. The van der Waals surface area contributed by atoms with Gasteiger partial charge >= 0.3 is 0 Å². The predicted molar refractivity (Wildman–Crippen MR) is 104 cm³/mol. The van der Waals surface area contributed by atoms with Crippen LogP contribution in [0.2, 0.25) is 0 Å². The zero-order chi connectivity index (χ0) is 18.7. The highest BCUT2D eigenvalue weighted by Crippen LogP contribution is 2.65. The van der Waals surface area contributed by atoms with Crippen molar-refractivity contribution in [2.75, 3.05) is 5.33 Å². The third kappa shape index (κ3) is 2.84. The lowest BCUT2D eigenvalue weighted by atomic mass is 9.48. The minimum absolute atomic E-state index is 0.292. The second kappa shape index (κ2) is 6.83. The molecule has 4 aliphatic rings. The topological polar surface area (TPSA) is 20.2 Å². The van der Waals surface area contributed by atoms with Gasteiger partial charge in [0.25, 0.3) is 6.43 Å². The van der Waals surface area contributed by atoms with Crippen LogP contribution in [0.5, 0.6) is 0 Å². The highest BCUT2D eigenvalue weighted by atomic mass is 79.9. The number of allylic oxidation sites excluding steroid dienone is 1. The predicted octanol–water partition coefficient (Wildman–Crippen LogP) is 6.20. The van der Waals surface area contributed by atoms with Gasteiger partial charge in [0.05, 0.1) is 0 Å². The van der Waals surface area contributed by atoms with Gasteiger partial charge in [-0.05, 0) is 98.7 Å². The fourth-order valence-electron chi connectivity index (χ4n) is 7.87. The van der Waals surface area contributed by atoms with Crippen LogP contribution in [0.25, 0.3) is 0 Å². The molecule has 0 aromatic heterocycles. The molecule has 8 atom stereocenters. The van der Waals surface area contributed by atoms with E-state index in [1.54, 1.807) is 0 Å². The van der Waals surface area contributed by atoms with Crippen molar-refractivity contribution in [1.29, 1.82) is 0 Å². The van der Waals surface area contributed by atoms with Gasteiger partial charge < -0.3 is 5.11 Å². The second-order valence-corrected chi connectivity index (χ2v) is 10.6. The van der Waals surface area contributed by atoms with Gasteiger partial charge in [0, 0.05) is 5.33 Å². The number of halogens is 3. The van der Waals surface area contributed by atoms with E-state index < -0.39 is 12.0 Å². The standard InChI is InChI=1S/C22H33BrF2O/c1-13(12-23)18-5-6-19-17-4-3-14-11-22(26,20(24)25)10-8-15(14)16(17)7-9-21(18,19)2/h14-20,26H,1,3-12H2,2H3/t14-,15+,16-,17-,18-,19+,21-,22+/m1/s1. The molecule has 0 spiro atoms. The quantitative estimate of drug-likeness (QED) is 0.417. The Bertz CT molecular complexity index is 566. The zero-order valence-corrected chi connectivity index (χ0v) is 17.5. The van der Waals surface area contributed by atoms with Crippen molar-refractivity contribution in [3.8, 4) is 0 Å². The fraction of sp³-hybridized carbons (Fsp3) is 0.909. The molecule has 0 aromatic carbocycles. The Balaban J connectivity index is 1.52. The highest BCUT2D eigenvalue weighted by molar-refractivity contribution is 9.09. The molecule has 0 aromatic rings. The van der Waals surface area contributed by atoms with Crippen LogP contribution in [0.1, 0.15) is 64.7 Å². The van der Waals surface area contributed by atoms with Crippen LogP contribution >= 0.6 is 15.9 Å². The van der Waals surface area contributed by atoms with Crippen molar-refractivity contribution >= 4 is 15.9 Å². The van der Waals surface area contributed by atoms with Crippen LogP contribution in [0, 0.1) is 40.9 Å². The number of hydrogen-bond acceptors (Lipinski definition) is 1. The van der Waals surface area contributed by atoms with Crippen LogP contribution in [-0.4, -0.2) is 22.5 Å². The van der Waals surface area contributed by atoms with Crippen molar-refractivity contribution in [3.05, 3.63) is 12.2 Å². The fourth-order valence-corrected chi connectivity index (χ4v) is 8.26. The summed E-state index contributed by atoms with van der Waals surface area (Å²) in [6.45, 7) is 6.85. The van der Waals surface area contributed by atoms with Crippen molar-refractivity contribution in [2.24, 2.45) is 40.9 Å². The second-order valence-electron chi connectivity index (χ2n) is 10.0. The molecule has 0 aliphatic heterocycles. The molecule has 4 heteroatoms. The molecular formula is C22H33BrF2O. The van der Waals surface area contributed by atoms with E-state index in [0.29, 0.717) is 41.9 Å². The van der Waals surface area contributed by atoms with Gasteiger partial charge in [0.15, 0.2) is 0 Å². The molecule has 4 aliphatic carbocycles. The normalized spacial score (nSPS) is 50.8. The SMILES string of the molecule is C=C(CBr)[C@H]1CC[C@H]2[C@@H]3CC[C@@H]4C[C@](O)(C(F)F)CC[C@@H]4[C@H]3CC[C@]12C. The highest BCUT2D eigenvalue weighted by Gasteiger charge is 2.58. The molecule has 148 valence electrons. The largest absolute Gasteiger partial charge is 0.384 e. The Morgan fingerprint density at radius 3 is 2.50 bits per heavy atom. The van der Waals surface area contributed by atoms with Crippen molar-refractivity contribution in [3.63, 3.8) is 0 Å². The molecule has 0 saturated heterocycles. The van der Waals surface area contributed by atoms with Gasteiger partial charge in [-0.25, -0.2) is 8.78 Å². The molecule has 1 nitrogen and oxygen atoms in total. The summed E-state index contributed by atoms with van der Waals surface area (Å²) in [6, 6.07) is 0. The molecule has 0 amide bonds. The average Bonchev–Trinajstić information content (AvgIpc) is 2.97. The molecule has 26 heavy (non-hydrogen) atoms. The van der Waals surface area contributed by atoms with Gasteiger partial charge in [-0.2, -0.15) is 0 Å². The monoisotopic (exact) mass is 430 g/mol. The molecule has 1 N–H and O–H groups in total. The third-order valence-corrected chi connectivity index (χ3v) is 9.84. The molecule has 0 unspecified atom stereocenters. The van der Waals surface area contributed by atoms with Crippen LogP contribution in [-0.2, 0) is 0 Å². The van der Waals surface area contributed by atoms with Crippen LogP contribution < -0.4 is 0 Å². The van der Waals surface area contributed by atoms with E-state index in [4.69, 9.17) is 0 Å². The number of aliphatic hydroxyl groups is 1. The van der Waals surface area contributed by atoms with E-state index in [2.05, 4.69) is 29.4 Å². The average molecular weight is 431 g/mol. The Morgan fingerprint density at radius 2 is 1.81 bits per heavy atom. The first-order valence-corrected chi connectivity index (χ1v) is 11.7. The molecule has 0 radical (unpaired) electrons. The van der Waals surface area contributed by atoms with E-state index in [0.717, 1.165) is 30.0 Å². The van der Waals surface area contributed by atoms with Gasteiger partial charge in [-0.15, -0.1) is 0 Å². The van der Waals surface area contributed by atoms with E-state index in [9.17, 15) is 13.9 Å². The van der Waals surface area contributed by atoms with E-state index in [-0.39, 0.29) is 0 Å². The zero-order valence-electron chi connectivity index (χ0n) is 15.9. The number of fused-ring (bicyclic) bond motifs is 5. The maximum atomic E-state index is 13.3. The van der Waals surface area contributed by atoms with Gasteiger partial charge in [-0.1, -0.05) is 35.0 Å². The number of alkyl halides is 3. The van der Waals surface area contributed by atoms with Crippen LogP contribution in [0.4, 0.5) is 8.78 Å². The van der Waals surface area contributed by atoms with Gasteiger partial charge in [0.2, 0.25) is 0 Å². The van der Waals surface area contributed by atoms with Crippen molar-refractivity contribution < 1.29 is 13.9 Å². The summed E-state index contributed by atoms with van der Waals surface area (Å²) in [5, 5.41) is 11.2. The minimum atomic E-state index is -2.60. The molecule has 4 saturated carbocycles. The van der Waals surface area contributed by atoms with Crippen LogP contribution in [0.3, 0.4) is 0 Å². The molecule has 4 fully saturated rings. The maximum absolute atomic E-state index is 13.3. The minimum Gasteiger partial charge on any atom is -0.384 e. The summed E-state index contributed by atoms with van der Waals surface area (Å²) >= 11 is 3.62. The van der Waals surface area contributed by atoms with E-state index >= 15 is 0 Å². The lowest BCUT2D eigenvalue weighted by Gasteiger charge is -2.57. The smallest absolute Gasteiger partial charge is 0.266 e. The van der Waals surface area contributed by atoms with Gasteiger partial charge in [0.1, 0.15) is 5.60 Å². The first-order chi connectivity index (χ1) is 12.3. The number of hydrogen-bond donors (Lipinski definition) is 1. The molecule has 0 bridgehead atoms. The molecule has 4 rings (SSSR count).